The van der Waals surface area contributed by atoms with E-state index in [0.29, 0.717) is 0 Å². The number of carboxylic acids is 1. The van der Waals surface area contributed by atoms with Crippen LogP contribution in [0, 0.1) is 0 Å². The van der Waals surface area contributed by atoms with E-state index in [1.165, 1.54) is 12.3 Å². The summed E-state index contributed by atoms with van der Waals surface area (Å²) < 4.78 is 30.1. The van der Waals surface area contributed by atoms with Crippen molar-refractivity contribution in [3.05, 3.63) is 16.3 Å². The molecule has 0 unspecified atom stereocenters. The summed E-state index contributed by atoms with van der Waals surface area (Å²) in [6, 6.07) is -0.0209. The van der Waals surface area contributed by atoms with E-state index >= 15 is 0 Å². The molecular formula is C9H11NO6S2. The maximum Gasteiger partial charge on any atom is 0.345 e. The SMILES string of the molecule is COC(=O)[C@H](C)NS(=O)(=O)c1csc(C(=O)O)c1. The molecule has 0 aliphatic carbocycles. The first-order valence-corrected chi connectivity index (χ1v) is 7.06. The molecule has 0 fully saturated rings. The van der Waals surface area contributed by atoms with Gasteiger partial charge in [0, 0.05) is 5.38 Å². The lowest BCUT2D eigenvalue weighted by atomic mass is 10.4. The van der Waals surface area contributed by atoms with Crippen molar-refractivity contribution in [2.24, 2.45) is 0 Å². The zero-order valence-electron chi connectivity index (χ0n) is 9.54. The normalized spacial score (nSPS) is 13.0. The first-order chi connectivity index (χ1) is 8.27. The molecule has 1 aromatic rings. The Morgan fingerprint density at radius 2 is 2.11 bits per heavy atom. The van der Waals surface area contributed by atoms with E-state index < -0.39 is 28.0 Å². The van der Waals surface area contributed by atoms with Crippen molar-refractivity contribution in [2.75, 3.05) is 7.11 Å². The Bertz CT molecular complexity index is 561. The maximum atomic E-state index is 11.8. The van der Waals surface area contributed by atoms with Crippen LogP contribution in [0.1, 0.15) is 16.6 Å². The molecule has 1 rings (SSSR count). The Balaban J connectivity index is 2.92. The van der Waals surface area contributed by atoms with E-state index in [0.717, 1.165) is 24.5 Å². The van der Waals surface area contributed by atoms with Gasteiger partial charge in [0.25, 0.3) is 0 Å². The molecule has 0 spiro atoms. The Morgan fingerprint density at radius 1 is 1.50 bits per heavy atom. The van der Waals surface area contributed by atoms with E-state index in [4.69, 9.17) is 5.11 Å². The summed E-state index contributed by atoms with van der Waals surface area (Å²) in [6.45, 7) is 1.33. The molecule has 0 saturated carbocycles. The standard InChI is InChI=1S/C9H11NO6S2/c1-5(9(13)16-2)10-18(14,15)6-3-7(8(11)12)17-4-6/h3-5,10H,1-2H3,(H,11,12)/t5-/m0/s1. The molecule has 0 aromatic carbocycles. The highest BCUT2D eigenvalue weighted by molar-refractivity contribution is 7.89. The molecule has 1 aromatic heterocycles. The molecule has 100 valence electrons. The van der Waals surface area contributed by atoms with Gasteiger partial charge in [-0.3, -0.25) is 4.79 Å². The molecule has 18 heavy (non-hydrogen) atoms. The van der Waals surface area contributed by atoms with Crippen molar-refractivity contribution in [1.29, 1.82) is 0 Å². The average molecular weight is 293 g/mol. The van der Waals surface area contributed by atoms with Crippen molar-refractivity contribution in [1.82, 2.24) is 4.72 Å². The van der Waals surface area contributed by atoms with Gasteiger partial charge in [-0.25, -0.2) is 13.2 Å². The fourth-order valence-electron chi connectivity index (χ4n) is 1.10. The van der Waals surface area contributed by atoms with E-state index in [1.54, 1.807) is 0 Å². The van der Waals surface area contributed by atoms with Gasteiger partial charge in [0.1, 0.15) is 10.9 Å². The third-order valence-electron chi connectivity index (χ3n) is 1.98. The lowest BCUT2D eigenvalue weighted by Gasteiger charge is -2.10. The quantitative estimate of drug-likeness (QED) is 0.755. The van der Waals surface area contributed by atoms with Crippen molar-refractivity contribution in [3.63, 3.8) is 0 Å². The van der Waals surface area contributed by atoms with Gasteiger partial charge in [0.05, 0.1) is 12.0 Å². The number of ether oxygens (including phenoxy) is 1. The van der Waals surface area contributed by atoms with Gasteiger partial charge in [0.15, 0.2) is 0 Å². The zero-order valence-corrected chi connectivity index (χ0v) is 11.2. The highest BCUT2D eigenvalue weighted by Gasteiger charge is 2.24. The number of aromatic carboxylic acids is 1. The van der Waals surface area contributed by atoms with Crippen LogP contribution < -0.4 is 4.72 Å². The second-order valence-electron chi connectivity index (χ2n) is 3.32. The van der Waals surface area contributed by atoms with Gasteiger partial charge >= 0.3 is 11.9 Å². The molecule has 0 bridgehead atoms. The fourth-order valence-corrected chi connectivity index (χ4v) is 3.40. The third kappa shape index (κ3) is 3.28. The van der Waals surface area contributed by atoms with Gasteiger partial charge in [-0.15, -0.1) is 11.3 Å². The summed E-state index contributed by atoms with van der Waals surface area (Å²) >= 11 is 0.791. The summed E-state index contributed by atoms with van der Waals surface area (Å²) in [5.74, 6) is -1.94. The van der Waals surface area contributed by atoms with E-state index in [2.05, 4.69) is 9.46 Å². The van der Waals surface area contributed by atoms with Crippen LogP contribution in [-0.4, -0.2) is 38.6 Å². The number of carbonyl (C=O) groups is 2. The van der Waals surface area contributed by atoms with Crippen LogP contribution in [-0.2, 0) is 19.6 Å². The number of esters is 1. The molecule has 0 aliphatic rings. The highest BCUT2D eigenvalue weighted by Crippen LogP contribution is 2.19. The van der Waals surface area contributed by atoms with Crippen LogP contribution in [0.3, 0.4) is 0 Å². The van der Waals surface area contributed by atoms with Crippen molar-refractivity contribution < 1.29 is 27.9 Å². The molecule has 1 heterocycles. The van der Waals surface area contributed by atoms with Crippen LogP contribution in [0.5, 0.6) is 0 Å². The smallest absolute Gasteiger partial charge is 0.345 e. The predicted molar refractivity (Wildman–Crippen MR) is 63.1 cm³/mol. The van der Waals surface area contributed by atoms with Crippen LogP contribution >= 0.6 is 11.3 Å². The molecule has 0 radical (unpaired) electrons. The van der Waals surface area contributed by atoms with Gasteiger partial charge < -0.3 is 9.84 Å². The molecule has 0 aliphatic heterocycles. The minimum atomic E-state index is -3.93. The van der Waals surface area contributed by atoms with Gasteiger partial charge in [-0.2, -0.15) is 4.72 Å². The molecule has 7 nitrogen and oxygen atoms in total. The number of rotatable bonds is 5. The van der Waals surface area contributed by atoms with Gasteiger partial charge in [0.2, 0.25) is 10.0 Å². The van der Waals surface area contributed by atoms with E-state index in [1.807, 2.05) is 0 Å². The van der Waals surface area contributed by atoms with E-state index in [9.17, 15) is 18.0 Å². The zero-order chi connectivity index (χ0) is 13.9. The summed E-state index contributed by atoms with van der Waals surface area (Å²) in [6.07, 6.45) is 0. The predicted octanol–water partition coefficient (Wildman–Crippen LogP) is 0.286. The van der Waals surface area contributed by atoms with E-state index in [-0.39, 0.29) is 9.77 Å². The highest BCUT2D eigenvalue weighted by atomic mass is 32.2. The van der Waals surface area contributed by atoms with Crippen molar-refractivity contribution in [2.45, 2.75) is 17.9 Å². The van der Waals surface area contributed by atoms with Crippen LogP contribution in [0.4, 0.5) is 0 Å². The summed E-state index contributed by atoms with van der Waals surface area (Å²) in [4.78, 5) is 21.4. The first kappa shape index (κ1) is 14.6. The number of carbonyl (C=O) groups excluding carboxylic acids is 1. The molecule has 9 heteroatoms. The van der Waals surface area contributed by atoms with Gasteiger partial charge in [-0.05, 0) is 13.0 Å². The third-order valence-corrected chi connectivity index (χ3v) is 4.57. The Hall–Kier alpha value is -1.45. The maximum absolute atomic E-state index is 11.8. The molecule has 1 atom stereocenters. The number of hydrogen-bond donors (Lipinski definition) is 2. The minimum Gasteiger partial charge on any atom is -0.477 e. The summed E-state index contributed by atoms with van der Waals surface area (Å²) in [7, 11) is -2.79. The molecular weight excluding hydrogens is 282 g/mol. The van der Waals surface area contributed by atoms with Crippen molar-refractivity contribution >= 4 is 33.3 Å². The second kappa shape index (κ2) is 5.46. The van der Waals surface area contributed by atoms with Crippen LogP contribution in [0.15, 0.2) is 16.3 Å². The van der Waals surface area contributed by atoms with Crippen molar-refractivity contribution in [3.8, 4) is 0 Å². The Labute approximate surface area is 107 Å². The monoisotopic (exact) mass is 293 g/mol. The lowest BCUT2D eigenvalue weighted by molar-refractivity contribution is -0.142. The second-order valence-corrected chi connectivity index (χ2v) is 5.94. The number of thiophene rings is 1. The number of sulfonamides is 1. The van der Waals surface area contributed by atoms with Gasteiger partial charge in [-0.1, -0.05) is 0 Å². The molecule has 0 amide bonds. The average Bonchev–Trinajstić information content (AvgIpc) is 2.77. The Morgan fingerprint density at radius 3 is 2.56 bits per heavy atom. The van der Waals surface area contributed by atoms with Crippen LogP contribution in [0.2, 0.25) is 0 Å². The topological polar surface area (TPSA) is 110 Å². The molecule has 2 N–H and O–H groups in total. The largest absolute Gasteiger partial charge is 0.477 e. The Kier molecular flexibility index (Phi) is 4.43. The fraction of sp³-hybridized carbons (Fsp3) is 0.333. The first-order valence-electron chi connectivity index (χ1n) is 4.70. The number of carboxylic acid groups (broad SMARTS) is 1. The summed E-state index contributed by atoms with van der Waals surface area (Å²) in [5.41, 5.74) is 0. The summed E-state index contributed by atoms with van der Waals surface area (Å²) in [5, 5.41) is 9.88. The lowest BCUT2D eigenvalue weighted by Crippen LogP contribution is -2.38. The minimum absolute atomic E-state index is 0.0962. The van der Waals surface area contributed by atoms with Crippen LogP contribution in [0.25, 0.3) is 0 Å². The molecule has 0 saturated heterocycles. The number of nitrogens with one attached hydrogen (secondary N) is 1. The number of hydrogen-bond acceptors (Lipinski definition) is 6. The number of methoxy groups -OCH3 is 1.